The van der Waals surface area contributed by atoms with E-state index >= 15 is 0 Å². The van der Waals surface area contributed by atoms with Crippen LogP contribution in [0.15, 0.2) is 49.1 Å². The first kappa shape index (κ1) is 19.5. The number of hydrogen-bond donors (Lipinski definition) is 0. The lowest BCUT2D eigenvalue weighted by Crippen LogP contribution is -2.35. The van der Waals surface area contributed by atoms with E-state index in [1.165, 1.54) is 11.1 Å². The number of nitrogens with zero attached hydrogens (tertiary/aromatic N) is 2. The molecule has 4 heteroatoms. The number of hydrogen-bond acceptors (Lipinski definition) is 2. The second kappa shape index (κ2) is 11.7. The number of rotatable bonds is 12. The van der Waals surface area contributed by atoms with Crippen molar-refractivity contribution in [2.45, 2.75) is 46.2 Å². The maximum Gasteiger partial charge on any atom is 0.171 e. The molecule has 4 nitrogen and oxygen atoms in total. The van der Waals surface area contributed by atoms with Gasteiger partial charge in [-0.15, -0.1) is 0 Å². The summed E-state index contributed by atoms with van der Waals surface area (Å²) in [6.07, 6.45) is 11.8. The summed E-state index contributed by atoms with van der Waals surface area (Å²) in [6.45, 7) is 9.08. The standard InChI is InChI=1S/C21H32N2O2/c1-3-16-24-18-19-25-17-15-23-13-9-21(10-14-23)6-5-20-7-11-22(4-2)12-8-20/h7-14H,3-6,15-19H2,1-2H3/q+2. The van der Waals surface area contributed by atoms with Gasteiger partial charge in [0.1, 0.15) is 13.2 Å². The molecule has 0 aliphatic carbocycles. The zero-order valence-corrected chi connectivity index (χ0v) is 15.7. The van der Waals surface area contributed by atoms with Gasteiger partial charge in [0, 0.05) is 30.9 Å². The Kier molecular flexibility index (Phi) is 9.16. The van der Waals surface area contributed by atoms with Crippen LogP contribution in [0, 0.1) is 0 Å². The molecule has 0 aliphatic rings. The Bertz CT molecular complexity index is 582. The van der Waals surface area contributed by atoms with E-state index in [4.69, 9.17) is 9.47 Å². The highest BCUT2D eigenvalue weighted by atomic mass is 16.5. The van der Waals surface area contributed by atoms with E-state index in [1.807, 2.05) is 0 Å². The van der Waals surface area contributed by atoms with Crippen LogP contribution in [-0.2, 0) is 35.4 Å². The molecule has 0 unspecified atom stereocenters. The Morgan fingerprint density at radius 3 is 1.72 bits per heavy atom. The van der Waals surface area contributed by atoms with Crippen molar-refractivity contribution >= 4 is 0 Å². The maximum absolute atomic E-state index is 5.59. The molecule has 136 valence electrons. The van der Waals surface area contributed by atoms with Crippen molar-refractivity contribution < 1.29 is 18.6 Å². The van der Waals surface area contributed by atoms with Gasteiger partial charge in [0.2, 0.25) is 0 Å². The Labute approximate surface area is 152 Å². The van der Waals surface area contributed by atoms with Crippen LogP contribution < -0.4 is 9.13 Å². The summed E-state index contributed by atoms with van der Waals surface area (Å²) in [5.41, 5.74) is 2.76. The Morgan fingerprint density at radius 1 is 0.680 bits per heavy atom. The van der Waals surface area contributed by atoms with Gasteiger partial charge in [0.25, 0.3) is 0 Å². The third-order valence-corrected chi connectivity index (χ3v) is 4.20. The lowest BCUT2D eigenvalue weighted by molar-refractivity contribution is -0.698. The van der Waals surface area contributed by atoms with Crippen LogP contribution in [0.5, 0.6) is 0 Å². The fourth-order valence-electron chi connectivity index (χ4n) is 2.59. The molecule has 0 fully saturated rings. The average Bonchev–Trinajstić information content (AvgIpc) is 2.67. The van der Waals surface area contributed by atoms with Crippen molar-refractivity contribution in [3.8, 4) is 0 Å². The van der Waals surface area contributed by atoms with Gasteiger partial charge < -0.3 is 9.47 Å². The summed E-state index contributed by atoms with van der Waals surface area (Å²) in [5, 5.41) is 0. The fraction of sp³-hybridized carbons (Fsp3) is 0.524. The molecular weight excluding hydrogens is 312 g/mol. The van der Waals surface area contributed by atoms with E-state index in [0.29, 0.717) is 13.2 Å². The van der Waals surface area contributed by atoms with Crippen molar-refractivity contribution in [2.75, 3.05) is 26.4 Å². The van der Waals surface area contributed by atoms with Gasteiger partial charge in [0.05, 0.1) is 13.2 Å². The van der Waals surface area contributed by atoms with E-state index in [0.717, 1.165) is 45.6 Å². The molecule has 0 amide bonds. The van der Waals surface area contributed by atoms with Crippen LogP contribution >= 0.6 is 0 Å². The molecule has 0 N–H and O–H groups in total. The first-order valence-electron chi connectivity index (χ1n) is 9.43. The molecule has 0 saturated carbocycles. The molecule has 0 radical (unpaired) electrons. The molecule has 0 saturated heterocycles. The van der Waals surface area contributed by atoms with E-state index in [1.54, 1.807) is 0 Å². The topological polar surface area (TPSA) is 26.2 Å². The number of aryl methyl sites for hydroxylation is 3. The first-order valence-corrected chi connectivity index (χ1v) is 9.43. The first-order chi connectivity index (χ1) is 12.3. The van der Waals surface area contributed by atoms with Crippen LogP contribution in [0.4, 0.5) is 0 Å². The Morgan fingerprint density at radius 2 is 1.20 bits per heavy atom. The van der Waals surface area contributed by atoms with Gasteiger partial charge in [-0.25, -0.2) is 9.13 Å². The Balaban J connectivity index is 1.65. The summed E-state index contributed by atoms with van der Waals surface area (Å²) >= 11 is 0. The minimum absolute atomic E-state index is 0.674. The SMILES string of the molecule is CCCOCCOCC[n+]1ccc(CCc2cc[n+](CC)cc2)cc1. The average molecular weight is 344 g/mol. The minimum atomic E-state index is 0.674. The molecule has 2 rings (SSSR count). The normalized spacial score (nSPS) is 11.0. The van der Waals surface area contributed by atoms with E-state index in [2.05, 4.69) is 72.0 Å². The highest BCUT2D eigenvalue weighted by Crippen LogP contribution is 2.04. The number of ether oxygens (including phenoxy) is 2. The van der Waals surface area contributed by atoms with E-state index < -0.39 is 0 Å². The van der Waals surface area contributed by atoms with Crippen LogP contribution in [0.1, 0.15) is 31.4 Å². The van der Waals surface area contributed by atoms with Gasteiger partial charge in [0.15, 0.2) is 31.3 Å². The van der Waals surface area contributed by atoms with Crippen molar-refractivity contribution in [2.24, 2.45) is 0 Å². The van der Waals surface area contributed by atoms with Gasteiger partial charge in [-0.2, -0.15) is 0 Å². The second-order valence-corrected chi connectivity index (χ2v) is 6.21. The van der Waals surface area contributed by atoms with Crippen molar-refractivity contribution in [3.05, 3.63) is 60.2 Å². The van der Waals surface area contributed by atoms with Gasteiger partial charge in [-0.3, -0.25) is 0 Å². The number of pyridine rings is 2. The predicted molar refractivity (Wildman–Crippen MR) is 98.3 cm³/mol. The van der Waals surface area contributed by atoms with Crippen molar-refractivity contribution in [1.29, 1.82) is 0 Å². The van der Waals surface area contributed by atoms with Crippen LogP contribution in [0.3, 0.4) is 0 Å². The summed E-state index contributed by atoms with van der Waals surface area (Å²) in [5.74, 6) is 0. The summed E-state index contributed by atoms with van der Waals surface area (Å²) in [6, 6.07) is 8.85. The molecule has 2 aromatic rings. The summed E-state index contributed by atoms with van der Waals surface area (Å²) in [7, 11) is 0. The molecule has 2 heterocycles. The predicted octanol–water partition coefficient (Wildman–Crippen LogP) is 2.51. The third kappa shape index (κ3) is 7.76. The molecule has 0 spiro atoms. The molecule has 25 heavy (non-hydrogen) atoms. The molecule has 0 aliphatic heterocycles. The monoisotopic (exact) mass is 344 g/mol. The van der Waals surface area contributed by atoms with E-state index in [9.17, 15) is 0 Å². The van der Waals surface area contributed by atoms with Gasteiger partial charge >= 0.3 is 0 Å². The largest absolute Gasteiger partial charge is 0.379 e. The van der Waals surface area contributed by atoms with Gasteiger partial charge in [-0.1, -0.05) is 6.92 Å². The highest BCUT2D eigenvalue weighted by Gasteiger charge is 2.03. The highest BCUT2D eigenvalue weighted by molar-refractivity contribution is 5.13. The second-order valence-electron chi connectivity index (χ2n) is 6.21. The maximum atomic E-state index is 5.59. The molecular formula is C21H32N2O2+2. The quantitative estimate of drug-likeness (QED) is 0.437. The lowest BCUT2D eigenvalue weighted by atomic mass is 10.1. The van der Waals surface area contributed by atoms with E-state index in [-0.39, 0.29) is 0 Å². The fourth-order valence-corrected chi connectivity index (χ4v) is 2.59. The molecule has 0 atom stereocenters. The van der Waals surface area contributed by atoms with Crippen LogP contribution in [0.2, 0.25) is 0 Å². The number of aromatic nitrogens is 2. The summed E-state index contributed by atoms with van der Waals surface area (Å²) in [4.78, 5) is 0. The Hall–Kier alpha value is -1.78. The van der Waals surface area contributed by atoms with Crippen LogP contribution in [0.25, 0.3) is 0 Å². The van der Waals surface area contributed by atoms with Crippen LogP contribution in [-0.4, -0.2) is 26.4 Å². The van der Waals surface area contributed by atoms with Crippen molar-refractivity contribution in [1.82, 2.24) is 0 Å². The smallest absolute Gasteiger partial charge is 0.171 e. The molecule has 0 aromatic carbocycles. The zero-order chi connectivity index (χ0) is 17.7. The third-order valence-electron chi connectivity index (χ3n) is 4.20. The molecule has 0 bridgehead atoms. The van der Waals surface area contributed by atoms with Crippen molar-refractivity contribution in [3.63, 3.8) is 0 Å². The summed E-state index contributed by atoms with van der Waals surface area (Å²) < 4.78 is 15.3. The zero-order valence-electron chi connectivity index (χ0n) is 15.7. The lowest BCUT2D eigenvalue weighted by Gasteiger charge is -2.04. The minimum Gasteiger partial charge on any atom is -0.379 e. The van der Waals surface area contributed by atoms with Gasteiger partial charge in [-0.05, 0) is 37.3 Å². The molecule has 2 aromatic heterocycles.